The highest BCUT2D eigenvalue weighted by Gasteiger charge is 2.18. The highest BCUT2D eigenvalue weighted by Crippen LogP contribution is 2.17. The van der Waals surface area contributed by atoms with E-state index < -0.39 is 0 Å². The van der Waals surface area contributed by atoms with Crippen LogP contribution in [-0.4, -0.2) is 42.0 Å². The average Bonchev–Trinajstić information content (AvgIpc) is 3.07. The Kier molecular flexibility index (Phi) is 6.28. The number of carbonyl (C=O) groups is 1. The number of pyridine rings is 1. The number of hydrogen-bond donors (Lipinski definition) is 2. The Morgan fingerprint density at radius 3 is 2.88 bits per heavy atom. The minimum absolute atomic E-state index is 0.0656. The summed E-state index contributed by atoms with van der Waals surface area (Å²) in [6.45, 7) is 4.35. The first-order chi connectivity index (χ1) is 12.6. The van der Waals surface area contributed by atoms with Gasteiger partial charge in [-0.15, -0.1) is 0 Å². The van der Waals surface area contributed by atoms with Gasteiger partial charge in [-0.1, -0.05) is 6.42 Å². The first-order valence-corrected chi connectivity index (χ1v) is 9.35. The first-order valence-electron chi connectivity index (χ1n) is 9.35. The number of carbonyl (C=O) groups excluding carboxylic acids is 1. The summed E-state index contributed by atoms with van der Waals surface area (Å²) in [6, 6.07) is 8.07. The highest BCUT2D eigenvalue weighted by molar-refractivity contribution is 5.94. The lowest BCUT2D eigenvalue weighted by molar-refractivity contribution is 0.0945. The Morgan fingerprint density at radius 1 is 1.31 bits per heavy atom. The molecule has 140 valence electrons. The number of hydrogen-bond acceptors (Lipinski definition) is 5. The number of furan rings is 1. The maximum atomic E-state index is 12.3. The van der Waals surface area contributed by atoms with E-state index in [0.717, 1.165) is 30.3 Å². The normalized spacial score (nSPS) is 17.8. The third kappa shape index (κ3) is 5.08. The fraction of sp³-hybridized carbons (Fsp3) is 0.500. The fourth-order valence-corrected chi connectivity index (χ4v) is 3.35. The predicted molar refractivity (Wildman–Crippen MR) is 102 cm³/mol. The molecule has 1 aliphatic rings. The van der Waals surface area contributed by atoms with Gasteiger partial charge < -0.3 is 20.0 Å². The number of nitrogens with zero attached hydrogens (tertiary/aromatic N) is 2. The summed E-state index contributed by atoms with van der Waals surface area (Å²) in [4.78, 5) is 19.0. The zero-order chi connectivity index (χ0) is 18.4. The highest BCUT2D eigenvalue weighted by atomic mass is 16.3. The van der Waals surface area contributed by atoms with E-state index in [2.05, 4.69) is 27.6 Å². The van der Waals surface area contributed by atoms with Crippen LogP contribution in [0.1, 0.15) is 47.6 Å². The van der Waals surface area contributed by atoms with Crippen LogP contribution in [0.2, 0.25) is 0 Å². The van der Waals surface area contributed by atoms with Crippen LogP contribution in [0.25, 0.3) is 0 Å². The fourth-order valence-electron chi connectivity index (χ4n) is 3.35. The summed E-state index contributed by atoms with van der Waals surface area (Å²) in [6.07, 6.45) is 6.41. The lowest BCUT2D eigenvalue weighted by Gasteiger charge is -2.32. The van der Waals surface area contributed by atoms with Gasteiger partial charge in [0, 0.05) is 18.8 Å². The first kappa shape index (κ1) is 18.5. The molecule has 3 heterocycles. The van der Waals surface area contributed by atoms with Crippen LogP contribution >= 0.6 is 0 Å². The van der Waals surface area contributed by atoms with Crippen molar-refractivity contribution in [1.82, 2.24) is 15.2 Å². The van der Waals surface area contributed by atoms with Crippen molar-refractivity contribution in [1.29, 1.82) is 0 Å². The van der Waals surface area contributed by atoms with E-state index in [1.54, 1.807) is 12.3 Å². The van der Waals surface area contributed by atoms with E-state index in [4.69, 9.17) is 4.42 Å². The van der Waals surface area contributed by atoms with Gasteiger partial charge >= 0.3 is 0 Å². The van der Waals surface area contributed by atoms with Gasteiger partial charge in [0.15, 0.2) is 0 Å². The number of amides is 1. The number of aromatic nitrogens is 1. The molecule has 0 unspecified atom stereocenters. The largest absolute Gasteiger partial charge is 0.465 e. The van der Waals surface area contributed by atoms with Gasteiger partial charge in [-0.05, 0) is 64.0 Å². The van der Waals surface area contributed by atoms with Crippen molar-refractivity contribution in [3.63, 3.8) is 0 Å². The maximum absolute atomic E-state index is 12.3. The average molecular weight is 356 g/mol. The van der Waals surface area contributed by atoms with Crippen LogP contribution < -0.4 is 10.6 Å². The zero-order valence-electron chi connectivity index (χ0n) is 15.6. The Balaban J connectivity index is 1.43. The van der Waals surface area contributed by atoms with Crippen LogP contribution in [0, 0.1) is 6.92 Å². The molecule has 6 heteroatoms. The Labute approximate surface area is 155 Å². The molecule has 1 fully saturated rings. The third-order valence-corrected chi connectivity index (χ3v) is 4.95. The SMILES string of the molecule is Cc1ccc(CNc2ccc(C(=O)NCC[C@@H]3CCCCN3C)cn2)o1. The summed E-state index contributed by atoms with van der Waals surface area (Å²) in [7, 11) is 2.17. The van der Waals surface area contributed by atoms with Crippen LogP contribution in [0.5, 0.6) is 0 Å². The molecule has 0 aromatic carbocycles. The van der Waals surface area contributed by atoms with Gasteiger partial charge in [0.05, 0.1) is 12.1 Å². The summed E-state index contributed by atoms with van der Waals surface area (Å²) < 4.78 is 5.51. The van der Waals surface area contributed by atoms with Crippen LogP contribution in [0.15, 0.2) is 34.9 Å². The van der Waals surface area contributed by atoms with Crippen molar-refractivity contribution in [3.05, 3.63) is 47.5 Å². The van der Waals surface area contributed by atoms with E-state index in [1.165, 1.54) is 19.3 Å². The third-order valence-electron chi connectivity index (χ3n) is 4.95. The Morgan fingerprint density at radius 2 is 2.19 bits per heavy atom. The van der Waals surface area contributed by atoms with E-state index >= 15 is 0 Å². The molecular formula is C20H28N4O2. The topological polar surface area (TPSA) is 70.4 Å². The molecule has 2 aromatic heterocycles. The van der Waals surface area contributed by atoms with E-state index in [9.17, 15) is 4.79 Å². The molecule has 0 bridgehead atoms. The van der Waals surface area contributed by atoms with Crippen molar-refractivity contribution >= 4 is 11.7 Å². The Hall–Kier alpha value is -2.34. The maximum Gasteiger partial charge on any atom is 0.252 e. The zero-order valence-corrected chi connectivity index (χ0v) is 15.6. The molecule has 0 spiro atoms. The quantitative estimate of drug-likeness (QED) is 0.797. The van der Waals surface area contributed by atoms with Gasteiger partial charge in [-0.3, -0.25) is 4.79 Å². The molecule has 1 atom stereocenters. The van der Waals surface area contributed by atoms with Crippen molar-refractivity contribution in [3.8, 4) is 0 Å². The molecule has 26 heavy (non-hydrogen) atoms. The molecule has 0 saturated carbocycles. The number of anilines is 1. The van der Waals surface area contributed by atoms with Crippen molar-refractivity contribution in [2.75, 3.05) is 25.5 Å². The Bertz CT molecular complexity index is 711. The summed E-state index contributed by atoms with van der Waals surface area (Å²) in [5.74, 6) is 2.41. The number of nitrogens with one attached hydrogen (secondary N) is 2. The number of likely N-dealkylation sites (tertiary alicyclic amines) is 1. The second-order valence-corrected chi connectivity index (χ2v) is 6.97. The van der Waals surface area contributed by atoms with Crippen molar-refractivity contribution in [2.24, 2.45) is 0 Å². The minimum atomic E-state index is -0.0656. The van der Waals surface area contributed by atoms with Gasteiger partial charge in [0.2, 0.25) is 0 Å². The molecule has 0 aliphatic carbocycles. The smallest absolute Gasteiger partial charge is 0.252 e. The molecule has 1 aliphatic heterocycles. The predicted octanol–water partition coefficient (Wildman–Crippen LogP) is 3.20. The van der Waals surface area contributed by atoms with Gasteiger partial charge in [-0.25, -0.2) is 4.98 Å². The monoisotopic (exact) mass is 356 g/mol. The van der Waals surface area contributed by atoms with Crippen molar-refractivity contribution in [2.45, 2.75) is 45.2 Å². The van der Waals surface area contributed by atoms with Gasteiger partial charge in [0.1, 0.15) is 17.3 Å². The van der Waals surface area contributed by atoms with Gasteiger partial charge in [0.25, 0.3) is 5.91 Å². The second-order valence-electron chi connectivity index (χ2n) is 6.97. The number of rotatable bonds is 7. The molecule has 1 saturated heterocycles. The van der Waals surface area contributed by atoms with Crippen LogP contribution in [0.3, 0.4) is 0 Å². The van der Waals surface area contributed by atoms with E-state index in [-0.39, 0.29) is 5.91 Å². The molecule has 3 rings (SSSR count). The number of aryl methyl sites for hydroxylation is 1. The standard InChI is InChI=1S/C20H28N4O2/c1-15-6-8-18(26-15)14-23-19-9-7-16(13-22-19)20(25)21-11-10-17-5-3-4-12-24(17)2/h6-9,13,17H,3-5,10-12,14H2,1-2H3,(H,21,25)(H,22,23)/t17-/m0/s1. The lowest BCUT2D eigenvalue weighted by Crippen LogP contribution is -2.39. The molecule has 1 amide bonds. The van der Waals surface area contributed by atoms with Crippen LogP contribution in [-0.2, 0) is 6.54 Å². The molecular weight excluding hydrogens is 328 g/mol. The number of piperidine rings is 1. The van der Waals surface area contributed by atoms with Crippen molar-refractivity contribution < 1.29 is 9.21 Å². The summed E-state index contributed by atoms with van der Waals surface area (Å²) in [5.41, 5.74) is 0.585. The molecule has 2 N–H and O–H groups in total. The van der Waals surface area contributed by atoms with E-state index in [0.29, 0.717) is 24.7 Å². The van der Waals surface area contributed by atoms with E-state index in [1.807, 2.05) is 25.1 Å². The lowest BCUT2D eigenvalue weighted by atomic mass is 10.0. The second kappa shape index (κ2) is 8.85. The molecule has 2 aromatic rings. The summed E-state index contributed by atoms with van der Waals surface area (Å²) in [5, 5.41) is 6.20. The summed E-state index contributed by atoms with van der Waals surface area (Å²) >= 11 is 0. The van der Waals surface area contributed by atoms with Crippen LogP contribution in [0.4, 0.5) is 5.82 Å². The minimum Gasteiger partial charge on any atom is -0.465 e. The molecule has 6 nitrogen and oxygen atoms in total. The molecule has 0 radical (unpaired) electrons. The van der Waals surface area contributed by atoms with Gasteiger partial charge in [-0.2, -0.15) is 0 Å².